The number of aromatic nitrogens is 1. The van der Waals surface area contributed by atoms with E-state index in [1.54, 1.807) is 17.5 Å². The Labute approximate surface area is 126 Å². The molecule has 0 unspecified atom stereocenters. The summed E-state index contributed by atoms with van der Waals surface area (Å²) in [6, 6.07) is 4.05. The van der Waals surface area contributed by atoms with Gasteiger partial charge in [0.15, 0.2) is 0 Å². The van der Waals surface area contributed by atoms with Crippen molar-refractivity contribution in [2.75, 3.05) is 5.32 Å². The van der Waals surface area contributed by atoms with Gasteiger partial charge in [0.2, 0.25) is 0 Å². The van der Waals surface area contributed by atoms with Gasteiger partial charge in [-0.25, -0.2) is 4.98 Å². The van der Waals surface area contributed by atoms with Gasteiger partial charge in [0.25, 0.3) is 5.69 Å². The maximum atomic E-state index is 11.0. The van der Waals surface area contributed by atoms with Crippen LogP contribution < -0.4 is 5.32 Å². The predicted octanol–water partition coefficient (Wildman–Crippen LogP) is 3.67. The lowest BCUT2D eigenvalue weighted by Gasteiger charge is -2.13. The number of hydrogen-bond acceptors (Lipinski definition) is 6. The second-order valence-corrected chi connectivity index (χ2v) is 6.81. The largest absolute Gasteiger partial charge is 0.508 e. The van der Waals surface area contributed by atoms with E-state index >= 15 is 0 Å². The van der Waals surface area contributed by atoms with Crippen LogP contribution in [0.2, 0.25) is 0 Å². The first-order valence-corrected chi connectivity index (χ1v) is 7.25. The van der Waals surface area contributed by atoms with Crippen molar-refractivity contribution in [1.29, 1.82) is 0 Å². The molecule has 6 nitrogen and oxygen atoms in total. The second-order valence-electron chi connectivity index (χ2n) is 5.69. The Kier molecular flexibility index (Phi) is 4.13. The van der Waals surface area contributed by atoms with E-state index in [1.165, 1.54) is 12.1 Å². The molecule has 2 N–H and O–H groups in total. The highest BCUT2D eigenvalue weighted by atomic mass is 32.1. The minimum absolute atomic E-state index is 0.00650. The summed E-state index contributed by atoms with van der Waals surface area (Å²) >= 11 is 1.58. The quantitative estimate of drug-likeness (QED) is 0.511. The SMILES string of the molecule is CC(C)(C)c1ncc(CNc2ccc(O)cc2[N+](=O)[O-])s1. The molecular formula is C14H17N3O3S. The first kappa shape index (κ1) is 15.2. The number of phenols is 1. The van der Waals surface area contributed by atoms with Crippen LogP contribution in [0, 0.1) is 10.1 Å². The van der Waals surface area contributed by atoms with Crippen LogP contribution in [-0.4, -0.2) is 15.0 Å². The van der Waals surface area contributed by atoms with Gasteiger partial charge in [-0.1, -0.05) is 20.8 Å². The monoisotopic (exact) mass is 307 g/mol. The van der Waals surface area contributed by atoms with Crippen molar-refractivity contribution in [3.8, 4) is 5.75 Å². The van der Waals surface area contributed by atoms with Gasteiger partial charge < -0.3 is 10.4 Å². The van der Waals surface area contributed by atoms with E-state index in [0.717, 1.165) is 16.0 Å². The molecule has 112 valence electrons. The molecule has 0 radical (unpaired) electrons. The molecule has 0 aliphatic heterocycles. The lowest BCUT2D eigenvalue weighted by molar-refractivity contribution is -0.384. The summed E-state index contributed by atoms with van der Waals surface area (Å²) in [5, 5.41) is 24.3. The molecule has 1 heterocycles. The van der Waals surface area contributed by atoms with Crippen LogP contribution in [0.15, 0.2) is 24.4 Å². The highest BCUT2D eigenvalue weighted by Gasteiger charge is 2.19. The van der Waals surface area contributed by atoms with Crippen LogP contribution in [0.3, 0.4) is 0 Å². The Morgan fingerprint density at radius 2 is 2.14 bits per heavy atom. The summed E-state index contributed by atoms with van der Waals surface area (Å²) in [7, 11) is 0. The standard InChI is InChI=1S/C14H17N3O3S/c1-14(2,3)13-16-8-10(21-13)7-15-11-5-4-9(18)6-12(11)17(19)20/h4-6,8,15,18H,7H2,1-3H3. The number of benzene rings is 1. The number of rotatable bonds is 4. The molecular weight excluding hydrogens is 290 g/mol. The Bertz CT molecular complexity index is 662. The van der Waals surface area contributed by atoms with E-state index in [2.05, 4.69) is 31.1 Å². The smallest absolute Gasteiger partial charge is 0.296 e. The molecule has 0 amide bonds. The number of nitro benzene ring substituents is 1. The molecule has 21 heavy (non-hydrogen) atoms. The molecule has 0 spiro atoms. The number of hydrogen-bond donors (Lipinski definition) is 2. The third kappa shape index (κ3) is 3.69. The molecule has 0 bridgehead atoms. The maximum absolute atomic E-state index is 11.0. The summed E-state index contributed by atoms with van der Waals surface area (Å²) in [4.78, 5) is 15.8. The molecule has 2 aromatic rings. The number of nitro groups is 1. The third-order valence-corrected chi connectivity index (χ3v) is 4.25. The van der Waals surface area contributed by atoms with E-state index in [0.29, 0.717) is 12.2 Å². The molecule has 0 aliphatic rings. The highest BCUT2D eigenvalue weighted by Crippen LogP contribution is 2.30. The fraction of sp³-hybridized carbons (Fsp3) is 0.357. The fourth-order valence-electron chi connectivity index (χ4n) is 1.74. The predicted molar refractivity (Wildman–Crippen MR) is 82.9 cm³/mol. The summed E-state index contributed by atoms with van der Waals surface area (Å²) in [5.41, 5.74) is 0.229. The Balaban J connectivity index is 2.13. The first-order chi connectivity index (χ1) is 9.77. The average molecular weight is 307 g/mol. The van der Waals surface area contributed by atoms with Crippen molar-refractivity contribution in [2.45, 2.75) is 32.7 Å². The normalized spacial score (nSPS) is 11.4. The van der Waals surface area contributed by atoms with Crippen molar-refractivity contribution >= 4 is 22.7 Å². The molecule has 1 aromatic heterocycles. The minimum atomic E-state index is -0.519. The minimum Gasteiger partial charge on any atom is -0.508 e. The molecule has 0 aliphatic carbocycles. The molecule has 0 atom stereocenters. The average Bonchev–Trinajstić information content (AvgIpc) is 2.85. The first-order valence-electron chi connectivity index (χ1n) is 6.44. The van der Waals surface area contributed by atoms with Gasteiger partial charge in [-0.2, -0.15) is 0 Å². The Morgan fingerprint density at radius 3 is 2.71 bits per heavy atom. The van der Waals surface area contributed by atoms with E-state index < -0.39 is 4.92 Å². The lowest BCUT2D eigenvalue weighted by Crippen LogP contribution is -2.09. The van der Waals surface area contributed by atoms with Gasteiger partial charge in [0, 0.05) is 16.5 Å². The molecule has 2 rings (SSSR count). The van der Waals surface area contributed by atoms with Crippen molar-refractivity contribution in [2.24, 2.45) is 0 Å². The number of phenolic OH excluding ortho intramolecular Hbond substituents is 1. The van der Waals surface area contributed by atoms with Crippen LogP contribution in [0.5, 0.6) is 5.75 Å². The van der Waals surface area contributed by atoms with E-state index in [4.69, 9.17) is 0 Å². The van der Waals surface area contributed by atoms with Gasteiger partial charge >= 0.3 is 0 Å². The number of nitrogens with zero attached hydrogens (tertiary/aromatic N) is 2. The van der Waals surface area contributed by atoms with Crippen molar-refractivity contribution in [3.63, 3.8) is 0 Å². The number of anilines is 1. The fourth-order valence-corrected chi connectivity index (χ4v) is 2.65. The van der Waals surface area contributed by atoms with E-state index in [1.807, 2.05) is 0 Å². The molecule has 0 fully saturated rings. The Morgan fingerprint density at radius 1 is 1.43 bits per heavy atom. The zero-order valence-corrected chi connectivity index (χ0v) is 12.9. The van der Waals surface area contributed by atoms with Gasteiger partial charge in [-0.15, -0.1) is 11.3 Å². The second kappa shape index (κ2) is 5.69. The summed E-state index contributed by atoms with van der Waals surface area (Å²) in [6.07, 6.45) is 1.78. The van der Waals surface area contributed by atoms with Gasteiger partial charge in [0.05, 0.1) is 22.5 Å². The third-order valence-electron chi connectivity index (χ3n) is 2.83. The number of aromatic hydroxyl groups is 1. The topological polar surface area (TPSA) is 88.3 Å². The lowest BCUT2D eigenvalue weighted by atomic mass is 9.98. The maximum Gasteiger partial charge on any atom is 0.296 e. The van der Waals surface area contributed by atoms with Gasteiger partial charge in [-0.3, -0.25) is 10.1 Å². The van der Waals surface area contributed by atoms with Gasteiger partial charge in [0.1, 0.15) is 11.4 Å². The van der Waals surface area contributed by atoms with Gasteiger partial charge in [-0.05, 0) is 12.1 Å². The number of thiazole rings is 1. The zero-order valence-electron chi connectivity index (χ0n) is 12.1. The molecule has 0 saturated carbocycles. The molecule has 7 heteroatoms. The van der Waals surface area contributed by atoms with Crippen molar-refractivity contribution in [3.05, 3.63) is 44.4 Å². The summed E-state index contributed by atoms with van der Waals surface area (Å²) < 4.78 is 0. The van der Waals surface area contributed by atoms with E-state index in [9.17, 15) is 15.2 Å². The van der Waals surface area contributed by atoms with Crippen LogP contribution in [0.1, 0.15) is 30.7 Å². The number of nitrogens with one attached hydrogen (secondary N) is 1. The Hall–Kier alpha value is -2.15. The van der Waals surface area contributed by atoms with Crippen molar-refractivity contribution in [1.82, 2.24) is 4.98 Å². The summed E-state index contributed by atoms with van der Waals surface area (Å²) in [5.74, 6) is -0.125. The van der Waals surface area contributed by atoms with Crippen molar-refractivity contribution < 1.29 is 10.0 Å². The zero-order chi connectivity index (χ0) is 15.6. The highest BCUT2D eigenvalue weighted by molar-refractivity contribution is 7.11. The molecule has 1 aromatic carbocycles. The van der Waals surface area contributed by atoms with E-state index in [-0.39, 0.29) is 16.9 Å². The van der Waals surface area contributed by atoms with Crippen LogP contribution >= 0.6 is 11.3 Å². The summed E-state index contributed by atoms with van der Waals surface area (Å²) in [6.45, 7) is 6.73. The van der Waals surface area contributed by atoms with Crippen LogP contribution in [0.4, 0.5) is 11.4 Å². The van der Waals surface area contributed by atoms with Crippen LogP contribution in [-0.2, 0) is 12.0 Å². The molecule has 0 saturated heterocycles. The van der Waals surface area contributed by atoms with Crippen LogP contribution in [0.25, 0.3) is 0 Å².